The van der Waals surface area contributed by atoms with Crippen LogP contribution in [0.2, 0.25) is 0 Å². The molecule has 8 rings (SSSR count). The summed E-state index contributed by atoms with van der Waals surface area (Å²) in [6.45, 7) is 2.97. The summed E-state index contributed by atoms with van der Waals surface area (Å²) in [7, 11) is 1.82. The van der Waals surface area contributed by atoms with Crippen LogP contribution in [0.4, 0.5) is 21.6 Å². The molecule has 10 nitrogen and oxygen atoms in total. The minimum absolute atomic E-state index is 0.278. The van der Waals surface area contributed by atoms with Gasteiger partial charge in [0.05, 0.1) is 35.9 Å². The Bertz CT molecular complexity index is 1690. The van der Waals surface area contributed by atoms with Gasteiger partial charge in [-0.25, -0.2) is 13.9 Å². The number of nitrogens with zero attached hydrogens (tertiary/aromatic N) is 5. The third kappa shape index (κ3) is 4.66. The molecule has 4 aromatic rings. The van der Waals surface area contributed by atoms with Gasteiger partial charge in [0.2, 0.25) is 0 Å². The second kappa shape index (κ2) is 10.2. The van der Waals surface area contributed by atoms with Crippen LogP contribution in [0.5, 0.6) is 5.75 Å². The van der Waals surface area contributed by atoms with Crippen molar-refractivity contribution in [1.82, 2.24) is 30.2 Å². The standard InChI is InChI=1S/C32H35FN8O2/c1-34-26-14-29(39-41-28(18-37-30(26)41)31(42)38-25-13-23(25)33)40-12-7-22-21(3-2-4-27(22)40)24-6-5-19(17-36-24)43-20-15-32(16-20)8-10-35-11-9-32/h2-6,14,17-18,20,23,25,34-35H,7-13,15-16H2,1H3,(H,38,42)/t23-,25+/m0/s1. The van der Waals surface area contributed by atoms with Gasteiger partial charge in [-0.15, -0.1) is 5.10 Å². The maximum absolute atomic E-state index is 13.4. The lowest BCUT2D eigenvalue weighted by Crippen LogP contribution is -2.49. The zero-order valence-electron chi connectivity index (χ0n) is 24.1. The molecule has 11 heteroatoms. The number of ether oxygens (including phenoxy) is 1. The van der Waals surface area contributed by atoms with E-state index in [-0.39, 0.29) is 17.7 Å². The largest absolute Gasteiger partial charge is 0.489 e. The van der Waals surface area contributed by atoms with E-state index < -0.39 is 12.2 Å². The fourth-order valence-corrected chi connectivity index (χ4v) is 7.05. The third-order valence-electron chi connectivity index (χ3n) is 9.59. The first-order chi connectivity index (χ1) is 21.0. The van der Waals surface area contributed by atoms with E-state index in [9.17, 15) is 9.18 Å². The van der Waals surface area contributed by atoms with Crippen molar-refractivity contribution >= 4 is 28.7 Å². The van der Waals surface area contributed by atoms with Crippen molar-refractivity contribution in [1.29, 1.82) is 0 Å². The maximum atomic E-state index is 13.4. The van der Waals surface area contributed by atoms with Gasteiger partial charge in [-0.1, -0.05) is 12.1 Å². The molecule has 0 unspecified atom stereocenters. The summed E-state index contributed by atoms with van der Waals surface area (Å²) in [5.74, 6) is 1.14. The molecule has 3 fully saturated rings. The zero-order chi connectivity index (χ0) is 29.1. The summed E-state index contributed by atoms with van der Waals surface area (Å²) in [6.07, 6.45) is 8.58. The molecule has 4 aliphatic rings. The van der Waals surface area contributed by atoms with E-state index in [2.05, 4.69) is 38.0 Å². The van der Waals surface area contributed by atoms with Crippen LogP contribution in [-0.4, -0.2) is 70.5 Å². The summed E-state index contributed by atoms with van der Waals surface area (Å²) >= 11 is 0. The number of carbonyl (C=O) groups is 1. The number of hydrogen-bond donors (Lipinski definition) is 3. The Morgan fingerprint density at radius 2 is 1.98 bits per heavy atom. The molecule has 0 radical (unpaired) electrons. The van der Waals surface area contributed by atoms with Gasteiger partial charge in [0.15, 0.2) is 17.2 Å². The molecule has 222 valence electrons. The lowest BCUT2D eigenvalue weighted by Gasteiger charge is -2.49. The first-order valence-electron chi connectivity index (χ1n) is 15.2. The second-order valence-electron chi connectivity index (χ2n) is 12.4. The van der Waals surface area contributed by atoms with E-state index >= 15 is 0 Å². The van der Waals surface area contributed by atoms with Crippen LogP contribution in [0.1, 0.15) is 48.2 Å². The first kappa shape index (κ1) is 26.4. The van der Waals surface area contributed by atoms with Crippen LogP contribution in [0.25, 0.3) is 16.9 Å². The Morgan fingerprint density at radius 1 is 1.14 bits per heavy atom. The smallest absolute Gasteiger partial charge is 0.271 e. The van der Waals surface area contributed by atoms with E-state index in [0.717, 1.165) is 67.3 Å². The molecular formula is C32H35FN8O2. The number of alkyl halides is 1. The Kier molecular flexibility index (Phi) is 6.25. The number of amides is 1. The number of rotatable bonds is 7. The summed E-state index contributed by atoms with van der Waals surface area (Å²) in [5, 5.41) is 14.2. The lowest BCUT2D eigenvalue weighted by atomic mass is 9.62. The Labute approximate surface area is 249 Å². The zero-order valence-corrected chi connectivity index (χ0v) is 24.1. The minimum Gasteiger partial charge on any atom is -0.489 e. The lowest BCUT2D eigenvalue weighted by molar-refractivity contribution is -0.0349. The van der Waals surface area contributed by atoms with Gasteiger partial charge in [0, 0.05) is 37.3 Å². The van der Waals surface area contributed by atoms with Gasteiger partial charge >= 0.3 is 0 Å². The predicted octanol–water partition coefficient (Wildman–Crippen LogP) is 4.28. The predicted molar refractivity (Wildman–Crippen MR) is 162 cm³/mol. The summed E-state index contributed by atoms with van der Waals surface area (Å²) in [6, 6.07) is 11.8. The molecule has 1 spiro atoms. The molecular weight excluding hydrogens is 547 g/mol. The fourth-order valence-electron chi connectivity index (χ4n) is 7.05. The Hall–Kier alpha value is -4.25. The molecule has 43 heavy (non-hydrogen) atoms. The van der Waals surface area contributed by atoms with Crippen LogP contribution in [-0.2, 0) is 6.42 Å². The highest BCUT2D eigenvalue weighted by atomic mass is 19.1. The average Bonchev–Trinajstić information content (AvgIpc) is 3.36. The fraction of sp³-hybridized carbons (Fsp3) is 0.438. The number of nitrogens with one attached hydrogen (secondary N) is 3. The van der Waals surface area contributed by atoms with Crippen molar-refractivity contribution in [3.8, 4) is 17.0 Å². The molecule has 0 bridgehead atoms. The average molecular weight is 583 g/mol. The minimum atomic E-state index is -0.984. The maximum Gasteiger partial charge on any atom is 0.271 e. The molecule has 1 saturated heterocycles. The van der Waals surface area contributed by atoms with Gasteiger partial charge in [-0.05, 0) is 74.4 Å². The van der Waals surface area contributed by atoms with Gasteiger partial charge in [0.25, 0.3) is 5.91 Å². The highest BCUT2D eigenvalue weighted by Crippen LogP contribution is 2.49. The van der Waals surface area contributed by atoms with Crippen LogP contribution >= 0.6 is 0 Å². The summed E-state index contributed by atoms with van der Waals surface area (Å²) in [4.78, 5) is 24.3. The number of halogens is 1. The first-order valence-corrected chi connectivity index (χ1v) is 15.2. The number of benzene rings is 1. The van der Waals surface area contributed by atoms with Gasteiger partial charge in [0.1, 0.15) is 11.9 Å². The van der Waals surface area contributed by atoms with Gasteiger partial charge in [-0.3, -0.25) is 9.78 Å². The van der Waals surface area contributed by atoms with Crippen molar-refractivity contribution in [2.24, 2.45) is 5.41 Å². The molecule has 5 heterocycles. The van der Waals surface area contributed by atoms with Crippen LogP contribution in [0.3, 0.4) is 0 Å². The number of hydrogen-bond acceptors (Lipinski definition) is 8. The summed E-state index contributed by atoms with van der Waals surface area (Å²) < 4.78 is 21.3. The number of pyridine rings is 1. The van der Waals surface area contributed by atoms with Crippen molar-refractivity contribution in [3.63, 3.8) is 0 Å². The van der Waals surface area contributed by atoms with E-state index in [1.54, 1.807) is 4.52 Å². The number of aromatic nitrogens is 4. The van der Waals surface area contributed by atoms with Crippen LogP contribution in [0.15, 0.2) is 48.8 Å². The Balaban J connectivity index is 1.03. The van der Waals surface area contributed by atoms with Crippen molar-refractivity contribution in [2.75, 3.05) is 36.9 Å². The van der Waals surface area contributed by atoms with Gasteiger partial charge in [-0.2, -0.15) is 0 Å². The van der Waals surface area contributed by atoms with Crippen molar-refractivity contribution in [3.05, 3.63) is 60.0 Å². The van der Waals surface area contributed by atoms with E-state index in [1.165, 1.54) is 24.6 Å². The van der Waals surface area contributed by atoms with E-state index in [1.807, 2.05) is 37.5 Å². The molecule has 3 N–H and O–H groups in total. The second-order valence-corrected chi connectivity index (χ2v) is 12.4. The van der Waals surface area contributed by atoms with Crippen molar-refractivity contribution in [2.45, 2.75) is 56.8 Å². The van der Waals surface area contributed by atoms with Gasteiger partial charge < -0.3 is 25.6 Å². The molecule has 2 aliphatic carbocycles. The monoisotopic (exact) mass is 582 g/mol. The number of fused-ring (bicyclic) bond motifs is 2. The molecule has 2 aliphatic heterocycles. The highest BCUT2D eigenvalue weighted by Gasteiger charge is 2.46. The Morgan fingerprint density at radius 3 is 2.72 bits per heavy atom. The number of piperidine rings is 1. The number of anilines is 3. The SMILES string of the molecule is CNc1cc(N2CCc3c(-c4ccc(OC5CC6(CCNCC6)C5)cn4)cccc32)nn2c(C(=O)N[C@@H]3C[C@@H]3F)cnc12. The third-order valence-corrected chi connectivity index (χ3v) is 9.59. The van der Waals surface area contributed by atoms with E-state index in [0.29, 0.717) is 23.3 Å². The molecule has 3 aromatic heterocycles. The van der Waals surface area contributed by atoms with E-state index in [4.69, 9.17) is 14.8 Å². The molecule has 1 aromatic carbocycles. The molecule has 2 saturated carbocycles. The van der Waals surface area contributed by atoms with Crippen molar-refractivity contribution < 1.29 is 13.9 Å². The normalized spacial score (nSPS) is 22.3. The molecule has 1 amide bonds. The van der Waals surface area contributed by atoms with Crippen LogP contribution in [0, 0.1) is 5.41 Å². The topological polar surface area (TPSA) is 109 Å². The highest BCUT2D eigenvalue weighted by molar-refractivity contribution is 5.94. The number of imidazole rings is 1. The quantitative estimate of drug-likeness (QED) is 0.297. The summed E-state index contributed by atoms with van der Waals surface area (Å²) in [5.41, 5.74) is 6.30. The number of carbonyl (C=O) groups excluding carboxylic acids is 1. The molecule has 2 atom stereocenters. The van der Waals surface area contributed by atoms with Crippen LogP contribution < -0.4 is 25.6 Å².